The van der Waals surface area contributed by atoms with E-state index in [1.165, 1.54) is 18.0 Å². The van der Waals surface area contributed by atoms with Crippen molar-refractivity contribution in [2.75, 3.05) is 20.2 Å². The van der Waals surface area contributed by atoms with Crippen LogP contribution < -0.4 is 0 Å². The second-order valence-electron chi connectivity index (χ2n) is 7.03. The van der Waals surface area contributed by atoms with E-state index in [0.717, 1.165) is 18.5 Å². The molecular weight excluding hydrogens is 375 g/mol. The van der Waals surface area contributed by atoms with E-state index in [1.807, 2.05) is 0 Å². The predicted molar refractivity (Wildman–Crippen MR) is 104 cm³/mol. The van der Waals surface area contributed by atoms with Crippen LogP contribution in [0.4, 0.5) is 4.39 Å². The van der Waals surface area contributed by atoms with E-state index in [1.54, 1.807) is 47.4 Å². The number of esters is 1. The predicted octanol–water partition coefficient (Wildman–Crippen LogP) is 2.76. The van der Waals surface area contributed by atoms with Gasteiger partial charge in [0, 0.05) is 38.7 Å². The van der Waals surface area contributed by atoms with E-state index in [0.29, 0.717) is 24.1 Å². The molecule has 2 aromatic carbocycles. The van der Waals surface area contributed by atoms with Gasteiger partial charge in [-0.3, -0.25) is 9.59 Å². The fourth-order valence-electron chi connectivity index (χ4n) is 3.13. The molecule has 0 N–H and O–H groups in total. The molecule has 0 unspecified atom stereocenters. The zero-order valence-corrected chi connectivity index (χ0v) is 16.3. The molecule has 0 bridgehead atoms. The summed E-state index contributed by atoms with van der Waals surface area (Å²) in [5.74, 6) is -1.28. The summed E-state index contributed by atoms with van der Waals surface area (Å²) in [5, 5.41) is 0. The van der Waals surface area contributed by atoms with Gasteiger partial charge in [0.2, 0.25) is 5.91 Å². The van der Waals surface area contributed by atoms with Gasteiger partial charge in [-0.15, -0.1) is 0 Å². The molecule has 0 radical (unpaired) electrons. The van der Waals surface area contributed by atoms with Crippen molar-refractivity contribution >= 4 is 17.8 Å². The lowest BCUT2D eigenvalue weighted by atomic mass is 10.1. The number of nitrogens with zero attached hydrogens (tertiary/aromatic N) is 2. The Bertz CT molecular complexity index is 898. The van der Waals surface area contributed by atoms with Crippen molar-refractivity contribution in [1.82, 2.24) is 9.80 Å². The lowest BCUT2D eigenvalue weighted by molar-refractivity contribution is -0.133. The second kappa shape index (κ2) is 9.32. The van der Waals surface area contributed by atoms with Crippen LogP contribution in [0.3, 0.4) is 0 Å². The normalized spacial score (nSPS) is 13.4. The summed E-state index contributed by atoms with van der Waals surface area (Å²) in [6, 6.07) is 13.0. The van der Waals surface area contributed by atoms with E-state index in [-0.39, 0.29) is 18.3 Å². The summed E-state index contributed by atoms with van der Waals surface area (Å²) in [5.41, 5.74) is 1.64. The fourth-order valence-corrected chi connectivity index (χ4v) is 3.13. The lowest BCUT2D eigenvalue weighted by Gasteiger charge is -2.17. The van der Waals surface area contributed by atoms with Gasteiger partial charge < -0.3 is 14.5 Å². The maximum Gasteiger partial charge on any atom is 0.338 e. The summed E-state index contributed by atoms with van der Waals surface area (Å²) in [6.45, 7) is 0.944. The first-order valence-corrected chi connectivity index (χ1v) is 9.45. The molecule has 152 valence electrons. The third kappa shape index (κ3) is 5.40. The number of likely N-dealkylation sites (N-methyl/N-ethyl adjacent to an activating group) is 1. The first kappa shape index (κ1) is 20.5. The highest BCUT2D eigenvalue weighted by molar-refractivity contribution is 5.91. The molecule has 2 amide bonds. The van der Waals surface area contributed by atoms with Crippen molar-refractivity contribution in [2.24, 2.45) is 0 Å². The number of likely N-dealkylation sites (tertiary alicyclic amines) is 1. The average Bonchev–Trinajstić information content (AvgIpc) is 3.12. The summed E-state index contributed by atoms with van der Waals surface area (Å²) >= 11 is 0. The zero-order valence-electron chi connectivity index (χ0n) is 16.3. The Morgan fingerprint density at radius 2 is 1.86 bits per heavy atom. The molecule has 7 heteroatoms. The van der Waals surface area contributed by atoms with Gasteiger partial charge in [-0.2, -0.15) is 0 Å². The Morgan fingerprint density at radius 1 is 1.14 bits per heavy atom. The molecule has 0 aliphatic carbocycles. The number of carbonyl (C=O) groups is 3. The van der Waals surface area contributed by atoms with Crippen LogP contribution >= 0.6 is 0 Å². The number of halogens is 1. The molecule has 2 aromatic rings. The Hall–Kier alpha value is -3.22. The average molecular weight is 398 g/mol. The Labute approximate surface area is 168 Å². The van der Waals surface area contributed by atoms with Gasteiger partial charge in [-0.25, -0.2) is 9.18 Å². The van der Waals surface area contributed by atoms with Crippen LogP contribution in [0.25, 0.3) is 0 Å². The number of benzene rings is 2. The molecule has 0 atom stereocenters. The van der Waals surface area contributed by atoms with Crippen LogP contribution in [0.15, 0.2) is 48.5 Å². The van der Waals surface area contributed by atoms with E-state index < -0.39 is 18.5 Å². The topological polar surface area (TPSA) is 66.9 Å². The second-order valence-corrected chi connectivity index (χ2v) is 7.03. The Morgan fingerprint density at radius 3 is 2.52 bits per heavy atom. The summed E-state index contributed by atoms with van der Waals surface area (Å²) < 4.78 is 18.8. The van der Waals surface area contributed by atoms with E-state index in [9.17, 15) is 18.8 Å². The van der Waals surface area contributed by atoms with Gasteiger partial charge in [0.25, 0.3) is 5.91 Å². The third-order valence-corrected chi connectivity index (χ3v) is 4.85. The minimum absolute atomic E-state index is 0.0903. The maximum atomic E-state index is 13.7. The zero-order chi connectivity index (χ0) is 20.8. The Balaban J connectivity index is 1.48. The summed E-state index contributed by atoms with van der Waals surface area (Å²) in [6.07, 6.45) is 1.46. The molecule has 1 saturated heterocycles. The molecule has 0 aromatic heterocycles. The largest absolute Gasteiger partial charge is 0.452 e. The van der Waals surface area contributed by atoms with E-state index in [4.69, 9.17) is 4.74 Å². The number of hydrogen-bond donors (Lipinski definition) is 0. The fraction of sp³-hybridized carbons (Fsp3) is 0.318. The molecule has 1 aliphatic heterocycles. The maximum absolute atomic E-state index is 13.7. The van der Waals surface area contributed by atoms with E-state index in [2.05, 4.69) is 0 Å². The lowest BCUT2D eigenvalue weighted by Crippen LogP contribution is -2.31. The SMILES string of the molecule is CN(Cc1ccccc1F)C(=O)COC(=O)c1ccc(CN2CCCC2=O)cc1. The van der Waals surface area contributed by atoms with E-state index >= 15 is 0 Å². The van der Waals surface area contributed by atoms with Crippen LogP contribution in [-0.2, 0) is 27.4 Å². The quantitative estimate of drug-likeness (QED) is 0.673. The van der Waals surface area contributed by atoms with Gasteiger partial charge in [0.1, 0.15) is 5.82 Å². The number of carbonyl (C=O) groups excluding carboxylic acids is 3. The van der Waals surface area contributed by atoms with Crippen molar-refractivity contribution in [3.8, 4) is 0 Å². The molecule has 3 rings (SSSR count). The van der Waals surface area contributed by atoms with Crippen molar-refractivity contribution in [3.05, 3.63) is 71.0 Å². The number of hydrogen-bond acceptors (Lipinski definition) is 4. The highest BCUT2D eigenvalue weighted by Crippen LogP contribution is 2.15. The van der Waals surface area contributed by atoms with Gasteiger partial charge in [-0.1, -0.05) is 30.3 Å². The molecular formula is C22H23FN2O4. The van der Waals surface area contributed by atoms with Crippen LogP contribution in [-0.4, -0.2) is 47.8 Å². The molecule has 1 fully saturated rings. The first-order chi connectivity index (χ1) is 13.9. The molecule has 0 saturated carbocycles. The van der Waals surface area contributed by atoms with Gasteiger partial charge >= 0.3 is 5.97 Å². The number of amides is 2. The first-order valence-electron chi connectivity index (χ1n) is 9.45. The molecule has 29 heavy (non-hydrogen) atoms. The smallest absolute Gasteiger partial charge is 0.338 e. The van der Waals surface area contributed by atoms with Gasteiger partial charge in [0.05, 0.1) is 5.56 Å². The van der Waals surface area contributed by atoms with Crippen LogP contribution in [0.5, 0.6) is 0 Å². The molecule has 1 heterocycles. The standard InChI is InChI=1S/C22H23FN2O4/c1-24(14-18-5-2-3-6-19(18)23)21(27)15-29-22(28)17-10-8-16(9-11-17)13-25-12-4-7-20(25)26/h2-3,5-6,8-11H,4,7,12-15H2,1H3. The summed E-state index contributed by atoms with van der Waals surface area (Å²) in [4.78, 5) is 39.1. The molecule has 1 aliphatic rings. The van der Waals surface area contributed by atoms with Crippen molar-refractivity contribution in [1.29, 1.82) is 0 Å². The van der Waals surface area contributed by atoms with Crippen LogP contribution in [0, 0.1) is 5.82 Å². The van der Waals surface area contributed by atoms with Crippen molar-refractivity contribution in [2.45, 2.75) is 25.9 Å². The third-order valence-electron chi connectivity index (χ3n) is 4.85. The monoisotopic (exact) mass is 398 g/mol. The number of rotatable bonds is 7. The van der Waals surface area contributed by atoms with Crippen molar-refractivity contribution in [3.63, 3.8) is 0 Å². The van der Waals surface area contributed by atoms with Crippen LogP contribution in [0.1, 0.15) is 34.3 Å². The highest BCUT2D eigenvalue weighted by atomic mass is 19.1. The van der Waals surface area contributed by atoms with Gasteiger partial charge in [-0.05, 0) is 30.2 Å². The summed E-state index contributed by atoms with van der Waals surface area (Å²) in [7, 11) is 1.52. The highest BCUT2D eigenvalue weighted by Gasteiger charge is 2.20. The minimum Gasteiger partial charge on any atom is -0.452 e. The molecule has 0 spiro atoms. The van der Waals surface area contributed by atoms with Crippen molar-refractivity contribution < 1.29 is 23.5 Å². The van der Waals surface area contributed by atoms with Gasteiger partial charge in [0.15, 0.2) is 6.61 Å². The Kier molecular flexibility index (Phi) is 6.59. The van der Waals surface area contributed by atoms with Crippen LogP contribution in [0.2, 0.25) is 0 Å². The minimum atomic E-state index is -0.610. The molecule has 6 nitrogen and oxygen atoms in total. The number of ether oxygens (including phenoxy) is 1.